The van der Waals surface area contributed by atoms with Crippen LogP contribution >= 0.6 is 0 Å². The van der Waals surface area contributed by atoms with Crippen LogP contribution in [-0.2, 0) is 0 Å². The van der Waals surface area contributed by atoms with Gasteiger partial charge in [0.2, 0.25) is 0 Å². The van der Waals surface area contributed by atoms with Crippen LogP contribution in [0.3, 0.4) is 0 Å². The van der Waals surface area contributed by atoms with Crippen molar-refractivity contribution in [2.45, 2.75) is 37.6 Å². The number of nitrogens with one attached hydrogen (secondary N) is 1. The van der Waals surface area contributed by atoms with E-state index in [-0.39, 0.29) is 5.54 Å². The van der Waals surface area contributed by atoms with Gasteiger partial charge < -0.3 is 11.1 Å². The van der Waals surface area contributed by atoms with Crippen molar-refractivity contribution in [2.24, 2.45) is 23.5 Å². The molecule has 2 heteroatoms. The van der Waals surface area contributed by atoms with Crippen LogP contribution in [0.15, 0.2) is 0 Å². The third-order valence-corrected chi connectivity index (χ3v) is 4.51. The van der Waals surface area contributed by atoms with E-state index in [4.69, 9.17) is 5.73 Å². The Bertz CT molecular complexity index is 198. The Hall–Kier alpha value is -0.0800. The summed E-state index contributed by atoms with van der Waals surface area (Å²) < 4.78 is 0. The first-order valence-electron chi connectivity index (χ1n) is 5.77. The highest BCUT2D eigenvalue weighted by Crippen LogP contribution is 2.57. The van der Waals surface area contributed by atoms with Crippen molar-refractivity contribution in [3.63, 3.8) is 0 Å². The average molecular weight is 180 g/mol. The smallest absolute Gasteiger partial charge is 0.0189 e. The molecule has 13 heavy (non-hydrogen) atoms. The van der Waals surface area contributed by atoms with Gasteiger partial charge in [-0.3, -0.25) is 0 Å². The molecule has 1 saturated heterocycles. The third-order valence-electron chi connectivity index (χ3n) is 4.51. The van der Waals surface area contributed by atoms with Gasteiger partial charge in [-0.05, 0) is 62.9 Å². The van der Waals surface area contributed by atoms with Crippen LogP contribution in [-0.4, -0.2) is 18.6 Å². The zero-order valence-corrected chi connectivity index (χ0v) is 8.26. The normalized spacial score (nSPS) is 50.5. The maximum absolute atomic E-state index is 6.53. The van der Waals surface area contributed by atoms with Crippen molar-refractivity contribution in [3.05, 3.63) is 0 Å². The molecule has 0 amide bonds. The van der Waals surface area contributed by atoms with Crippen molar-refractivity contribution in [3.8, 4) is 0 Å². The first kappa shape index (κ1) is 8.25. The summed E-state index contributed by atoms with van der Waals surface area (Å²) in [7, 11) is 0. The molecule has 2 atom stereocenters. The summed E-state index contributed by atoms with van der Waals surface area (Å²) in [6, 6.07) is 0. The molecular formula is C11H20N2. The van der Waals surface area contributed by atoms with E-state index in [1.165, 1.54) is 45.2 Å². The van der Waals surface area contributed by atoms with Crippen LogP contribution in [0, 0.1) is 17.8 Å². The quantitative estimate of drug-likeness (QED) is 0.634. The van der Waals surface area contributed by atoms with E-state index < -0.39 is 0 Å². The molecule has 0 radical (unpaired) electrons. The standard InChI is InChI=1S/C11H20N2/c12-11(6-8-5-9(8)7-11)10-1-3-13-4-2-10/h8-10,13H,1-7,12H2. The largest absolute Gasteiger partial charge is 0.325 e. The first-order chi connectivity index (χ1) is 6.28. The Morgan fingerprint density at radius 3 is 2.31 bits per heavy atom. The van der Waals surface area contributed by atoms with E-state index in [2.05, 4.69) is 5.32 Å². The highest BCUT2D eigenvalue weighted by molar-refractivity contribution is 5.09. The van der Waals surface area contributed by atoms with Gasteiger partial charge in [0.05, 0.1) is 0 Å². The summed E-state index contributed by atoms with van der Waals surface area (Å²) in [5, 5.41) is 3.42. The molecule has 0 aromatic rings. The summed E-state index contributed by atoms with van der Waals surface area (Å²) in [5.41, 5.74) is 6.77. The molecule has 3 rings (SSSR count). The maximum Gasteiger partial charge on any atom is 0.0189 e. The van der Waals surface area contributed by atoms with Crippen LogP contribution in [0.1, 0.15) is 32.1 Å². The summed E-state index contributed by atoms with van der Waals surface area (Å²) in [6.07, 6.45) is 6.79. The number of nitrogens with two attached hydrogens (primary N) is 1. The van der Waals surface area contributed by atoms with Crippen molar-refractivity contribution in [1.82, 2.24) is 5.32 Å². The molecular weight excluding hydrogens is 160 g/mol. The Kier molecular flexibility index (Phi) is 1.72. The number of rotatable bonds is 1. The van der Waals surface area contributed by atoms with Gasteiger partial charge in [0.15, 0.2) is 0 Å². The number of hydrogen-bond donors (Lipinski definition) is 2. The Morgan fingerprint density at radius 2 is 1.69 bits per heavy atom. The second-order valence-electron chi connectivity index (χ2n) is 5.42. The van der Waals surface area contributed by atoms with E-state index in [0.29, 0.717) is 0 Å². The average Bonchev–Trinajstić information content (AvgIpc) is 2.77. The topological polar surface area (TPSA) is 38.0 Å². The van der Waals surface area contributed by atoms with E-state index in [1.54, 1.807) is 0 Å². The first-order valence-corrected chi connectivity index (χ1v) is 5.77. The zero-order valence-electron chi connectivity index (χ0n) is 8.26. The monoisotopic (exact) mass is 180 g/mol. The third kappa shape index (κ3) is 1.31. The van der Waals surface area contributed by atoms with Gasteiger partial charge >= 0.3 is 0 Å². The van der Waals surface area contributed by atoms with E-state index in [0.717, 1.165) is 17.8 Å². The second-order valence-corrected chi connectivity index (χ2v) is 5.42. The predicted octanol–water partition coefficient (Wildman–Crippen LogP) is 1.11. The van der Waals surface area contributed by atoms with Gasteiger partial charge in [0.1, 0.15) is 0 Å². The van der Waals surface area contributed by atoms with Gasteiger partial charge in [0.25, 0.3) is 0 Å². The minimum Gasteiger partial charge on any atom is -0.325 e. The van der Waals surface area contributed by atoms with Crippen LogP contribution < -0.4 is 11.1 Å². The van der Waals surface area contributed by atoms with E-state index in [1.807, 2.05) is 0 Å². The van der Waals surface area contributed by atoms with Gasteiger partial charge in [-0.2, -0.15) is 0 Å². The molecule has 0 aromatic carbocycles. The number of fused-ring (bicyclic) bond motifs is 1. The van der Waals surface area contributed by atoms with Crippen molar-refractivity contribution >= 4 is 0 Å². The highest BCUT2D eigenvalue weighted by atomic mass is 14.9. The number of piperidine rings is 1. The van der Waals surface area contributed by atoms with Gasteiger partial charge in [-0.25, -0.2) is 0 Å². The van der Waals surface area contributed by atoms with Gasteiger partial charge in [0, 0.05) is 5.54 Å². The molecule has 1 heterocycles. The van der Waals surface area contributed by atoms with E-state index >= 15 is 0 Å². The summed E-state index contributed by atoms with van der Waals surface area (Å²) in [6.45, 7) is 2.39. The van der Waals surface area contributed by atoms with Crippen molar-refractivity contribution in [2.75, 3.05) is 13.1 Å². The lowest BCUT2D eigenvalue weighted by Crippen LogP contribution is -2.49. The lowest BCUT2D eigenvalue weighted by Gasteiger charge is -2.38. The molecule has 74 valence electrons. The van der Waals surface area contributed by atoms with Gasteiger partial charge in [-0.15, -0.1) is 0 Å². The summed E-state index contributed by atoms with van der Waals surface area (Å²) in [4.78, 5) is 0. The van der Waals surface area contributed by atoms with Crippen LogP contribution in [0.5, 0.6) is 0 Å². The summed E-state index contributed by atoms with van der Waals surface area (Å²) in [5.74, 6) is 2.88. The Balaban J connectivity index is 1.68. The second kappa shape index (κ2) is 2.71. The molecule has 0 spiro atoms. The highest BCUT2D eigenvalue weighted by Gasteiger charge is 2.54. The molecule has 2 nitrogen and oxygen atoms in total. The van der Waals surface area contributed by atoms with Gasteiger partial charge in [-0.1, -0.05) is 0 Å². The van der Waals surface area contributed by atoms with Crippen LogP contribution in [0.2, 0.25) is 0 Å². The molecule has 1 aliphatic heterocycles. The van der Waals surface area contributed by atoms with E-state index in [9.17, 15) is 0 Å². The van der Waals surface area contributed by atoms with Crippen molar-refractivity contribution in [1.29, 1.82) is 0 Å². The fraction of sp³-hybridized carbons (Fsp3) is 1.00. The SMILES string of the molecule is NC1(C2CCNCC2)CC2CC2C1. The lowest BCUT2D eigenvalue weighted by atomic mass is 9.76. The summed E-state index contributed by atoms with van der Waals surface area (Å²) >= 11 is 0. The Morgan fingerprint density at radius 1 is 1.08 bits per heavy atom. The Labute approximate surface area is 80.3 Å². The molecule has 2 unspecified atom stereocenters. The lowest BCUT2D eigenvalue weighted by molar-refractivity contribution is 0.203. The maximum atomic E-state index is 6.53. The molecule has 0 aromatic heterocycles. The molecule has 0 bridgehead atoms. The van der Waals surface area contributed by atoms with Crippen LogP contribution in [0.25, 0.3) is 0 Å². The minimum absolute atomic E-state index is 0.246. The molecule has 2 saturated carbocycles. The van der Waals surface area contributed by atoms with Crippen LogP contribution in [0.4, 0.5) is 0 Å². The molecule has 3 N–H and O–H groups in total. The molecule has 3 aliphatic rings. The zero-order chi connectivity index (χ0) is 8.89. The molecule has 3 fully saturated rings. The minimum atomic E-state index is 0.246. The van der Waals surface area contributed by atoms with Crippen molar-refractivity contribution < 1.29 is 0 Å². The number of hydrogen-bond acceptors (Lipinski definition) is 2. The fourth-order valence-electron chi connectivity index (χ4n) is 3.60. The predicted molar refractivity (Wildman–Crippen MR) is 53.3 cm³/mol. The fourth-order valence-corrected chi connectivity index (χ4v) is 3.60. The molecule has 2 aliphatic carbocycles.